The Bertz CT molecular complexity index is 582. The quantitative estimate of drug-likeness (QED) is 0.393. The molecule has 0 bridgehead atoms. The number of oxime groups is 1. The maximum Gasteiger partial charge on any atom is 0.170 e. The van der Waals surface area contributed by atoms with Crippen molar-refractivity contribution in [3.63, 3.8) is 0 Å². The molecule has 2 aromatic carbocycles. The molecular weight excluding hydrogens is 308 g/mol. The van der Waals surface area contributed by atoms with Gasteiger partial charge in [-0.15, -0.1) is 0 Å². The molecule has 2 aromatic rings. The molecule has 0 aromatic heterocycles. The fourth-order valence-corrected chi connectivity index (χ4v) is 1.84. The Morgan fingerprint density at radius 3 is 2.63 bits per heavy atom. The number of halogens is 1. The Balaban J connectivity index is 2.05. The Kier molecular flexibility index (Phi) is 4.41. The van der Waals surface area contributed by atoms with E-state index in [-0.39, 0.29) is 5.84 Å². The van der Waals surface area contributed by atoms with Gasteiger partial charge in [-0.3, -0.25) is 0 Å². The zero-order valence-electron chi connectivity index (χ0n) is 10.1. The maximum atomic E-state index is 8.64. The first-order valence-corrected chi connectivity index (χ1v) is 6.43. The molecule has 0 aliphatic carbocycles. The van der Waals surface area contributed by atoms with Gasteiger partial charge in [-0.2, -0.15) is 0 Å². The number of nitrogens with two attached hydrogens (primary N) is 1. The van der Waals surface area contributed by atoms with Crippen LogP contribution in [0, 0.1) is 0 Å². The minimum atomic E-state index is 0.0884. The van der Waals surface area contributed by atoms with Gasteiger partial charge < -0.3 is 15.7 Å². The molecule has 0 spiro atoms. The Morgan fingerprint density at radius 1 is 1.21 bits per heavy atom. The van der Waals surface area contributed by atoms with Crippen LogP contribution < -0.4 is 10.5 Å². The number of hydrogen-bond acceptors (Lipinski definition) is 3. The van der Waals surface area contributed by atoms with Crippen molar-refractivity contribution in [2.45, 2.75) is 6.61 Å². The van der Waals surface area contributed by atoms with Crippen molar-refractivity contribution in [3.05, 3.63) is 64.1 Å². The van der Waals surface area contributed by atoms with Gasteiger partial charge in [0.1, 0.15) is 12.4 Å². The molecule has 4 nitrogen and oxygen atoms in total. The second-order valence-electron chi connectivity index (χ2n) is 3.93. The topological polar surface area (TPSA) is 67.8 Å². The summed E-state index contributed by atoms with van der Waals surface area (Å²) in [6, 6.07) is 15.0. The van der Waals surface area contributed by atoms with E-state index in [0.717, 1.165) is 15.8 Å². The molecule has 0 atom stereocenters. The average molecular weight is 321 g/mol. The second-order valence-corrected chi connectivity index (χ2v) is 4.84. The van der Waals surface area contributed by atoms with Crippen molar-refractivity contribution in [1.29, 1.82) is 0 Å². The van der Waals surface area contributed by atoms with Crippen molar-refractivity contribution < 1.29 is 9.94 Å². The van der Waals surface area contributed by atoms with E-state index in [1.54, 1.807) is 6.07 Å². The number of amidine groups is 1. The largest absolute Gasteiger partial charge is 0.489 e. The van der Waals surface area contributed by atoms with Gasteiger partial charge in [0.25, 0.3) is 0 Å². The van der Waals surface area contributed by atoms with Gasteiger partial charge in [-0.25, -0.2) is 0 Å². The van der Waals surface area contributed by atoms with Crippen LogP contribution in [0.15, 0.2) is 58.2 Å². The lowest BCUT2D eigenvalue weighted by Gasteiger charge is -2.07. The first-order valence-electron chi connectivity index (χ1n) is 5.64. The molecule has 0 unspecified atom stereocenters. The van der Waals surface area contributed by atoms with Crippen LogP contribution in [-0.2, 0) is 6.61 Å². The molecule has 2 rings (SSSR count). The number of benzene rings is 2. The molecule has 0 fully saturated rings. The third-order valence-electron chi connectivity index (χ3n) is 2.55. The standard InChI is InChI=1S/C14H13BrN2O2/c15-12-4-6-13(7-5-12)19-9-10-2-1-3-11(8-10)14(16)17-18/h1-8,18H,9H2,(H2,16,17). The molecule has 0 heterocycles. The van der Waals surface area contributed by atoms with E-state index >= 15 is 0 Å². The Hall–Kier alpha value is -2.01. The minimum absolute atomic E-state index is 0.0884. The lowest BCUT2D eigenvalue weighted by molar-refractivity contribution is 0.306. The van der Waals surface area contributed by atoms with Crippen LogP contribution in [0.4, 0.5) is 0 Å². The Labute approximate surface area is 119 Å². The molecule has 0 aliphatic heterocycles. The van der Waals surface area contributed by atoms with Crippen LogP contribution in [0.2, 0.25) is 0 Å². The summed E-state index contributed by atoms with van der Waals surface area (Å²) in [5.74, 6) is 0.878. The molecule has 0 saturated carbocycles. The number of ether oxygens (including phenoxy) is 1. The molecule has 98 valence electrons. The van der Waals surface area contributed by atoms with Crippen molar-refractivity contribution in [3.8, 4) is 5.75 Å². The van der Waals surface area contributed by atoms with Gasteiger partial charge in [-0.05, 0) is 35.9 Å². The highest BCUT2D eigenvalue weighted by Crippen LogP contribution is 2.17. The van der Waals surface area contributed by atoms with E-state index in [1.165, 1.54) is 0 Å². The van der Waals surface area contributed by atoms with Crippen LogP contribution in [0.25, 0.3) is 0 Å². The molecule has 3 N–H and O–H groups in total. The normalized spacial score (nSPS) is 11.3. The first kappa shape index (κ1) is 13.4. The molecule has 19 heavy (non-hydrogen) atoms. The van der Waals surface area contributed by atoms with Gasteiger partial charge in [0, 0.05) is 10.0 Å². The zero-order chi connectivity index (χ0) is 13.7. The van der Waals surface area contributed by atoms with Crippen LogP contribution in [-0.4, -0.2) is 11.0 Å². The van der Waals surface area contributed by atoms with E-state index in [1.807, 2.05) is 42.5 Å². The molecule has 0 amide bonds. The summed E-state index contributed by atoms with van der Waals surface area (Å²) in [6.07, 6.45) is 0. The lowest BCUT2D eigenvalue weighted by atomic mass is 10.1. The summed E-state index contributed by atoms with van der Waals surface area (Å²) >= 11 is 3.37. The highest BCUT2D eigenvalue weighted by atomic mass is 79.9. The van der Waals surface area contributed by atoms with Crippen molar-refractivity contribution in [1.82, 2.24) is 0 Å². The molecule has 0 radical (unpaired) electrons. The number of nitrogens with zero attached hydrogens (tertiary/aromatic N) is 1. The van der Waals surface area contributed by atoms with Gasteiger partial charge in [0.05, 0.1) is 0 Å². The monoisotopic (exact) mass is 320 g/mol. The van der Waals surface area contributed by atoms with Gasteiger partial charge in [0.15, 0.2) is 5.84 Å². The maximum absolute atomic E-state index is 8.64. The molecule has 5 heteroatoms. The SMILES string of the molecule is N/C(=N\O)c1cccc(COc2ccc(Br)cc2)c1. The smallest absolute Gasteiger partial charge is 0.170 e. The zero-order valence-corrected chi connectivity index (χ0v) is 11.7. The predicted octanol–water partition coefficient (Wildman–Crippen LogP) is 3.12. The highest BCUT2D eigenvalue weighted by molar-refractivity contribution is 9.10. The third-order valence-corrected chi connectivity index (χ3v) is 3.08. The van der Waals surface area contributed by atoms with Crippen LogP contribution in [0.5, 0.6) is 5.75 Å². The summed E-state index contributed by atoms with van der Waals surface area (Å²) < 4.78 is 6.66. The summed E-state index contributed by atoms with van der Waals surface area (Å²) in [5, 5.41) is 11.6. The molecule has 0 saturated heterocycles. The summed E-state index contributed by atoms with van der Waals surface area (Å²) in [4.78, 5) is 0. The highest BCUT2D eigenvalue weighted by Gasteiger charge is 2.01. The lowest BCUT2D eigenvalue weighted by Crippen LogP contribution is -2.13. The predicted molar refractivity (Wildman–Crippen MR) is 77.4 cm³/mol. The Morgan fingerprint density at radius 2 is 1.95 bits per heavy atom. The number of rotatable bonds is 4. The van der Waals surface area contributed by atoms with E-state index in [0.29, 0.717) is 12.2 Å². The fraction of sp³-hybridized carbons (Fsp3) is 0.0714. The van der Waals surface area contributed by atoms with Crippen LogP contribution >= 0.6 is 15.9 Å². The number of hydrogen-bond donors (Lipinski definition) is 2. The summed E-state index contributed by atoms with van der Waals surface area (Å²) in [5.41, 5.74) is 7.16. The fourth-order valence-electron chi connectivity index (χ4n) is 1.58. The van der Waals surface area contributed by atoms with Gasteiger partial charge in [-0.1, -0.05) is 39.3 Å². The molecule has 0 aliphatic rings. The third kappa shape index (κ3) is 3.72. The second kappa shape index (κ2) is 6.24. The summed E-state index contributed by atoms with van der Waals surface area (Å²) in [6.45, 7) is 0.425. The van der Waals surface area contributed by atoms with Crippen LogP contribution in [0.3, 0.4) is 0 Å². The van der Waals surface area contributed by atoms with Gasteiger partial charge in [0.2, 0.25) is 0 Å². The van der Waals surface area contributed by atoms with Crippen molar-refractivity contribution in [2.75, 3.05) is 0 Å². The van der Waals surface area contributed by atoms with E-state index in [9.17, 15) is 0 Å². The van der Waals surface area contributed by atoms with Crippen molar-refractivity contribution in [2.24, 2.45) is 10.9 Å². The van der Waals surface area contributed by atoms with Crippen LogP contribution in [0.1, 0.15) is 11.1 Å². The first-order chi connectivity index (χ1) is 9.19. The van der Waals surface area contributed by atoms with E-state index < -0.39 is 0 Å². The van der Waals surface area contributed by atoms with E-state index in [4.69, 9.17) is 15.7 Å². The van der Waals surface area contributed by atoms with Gasteiger partial charge >= 0.3 is 0 Å². The molecular formula is C14H13BrN2O2. The summed E-state index contributed by atoms with van der Waals surface area (Å²) in [7, 11) is 0. The van der Waals surface area contributed by atoms with Crippen molar-refractivity contribution >= 4 is 21.8 Å². The minimum Gasteiger partial charge on any atom is -0.489 e. The van der Waals surface area contributed by atoms with E-state index in [2.05, 4.69) is 21.1 Å². The average Bonchev–Trinajstić information content (AvgIpc) is 2.46.